The third-order valence-electron chi connectivity index (χ3n) is 5.40. The van der Waals surface area contributed by atoms with Crippen molar-refractivity contribution in [3.05, 3.63) is 52.9 Å². The number of esters is 2. The monoisotopic (exact) mass is 674 g/mol. The van der Waals surface area contributed by atoms with Gasteiger partial charge in [-0.2, -0.15) is 0 Å². The highest BCUT2D eigenvalue weighted by Crippen LogP contribution is 2.43. The molecule has 0 aromatic rings. The zero-order valence-electron chi connectivity index (χ0n) is 21.7. The predicted molar refractivity (Wildman–Crippen MR) is 152 cm³/mol. The second-order valence-electron chi connectivity index (χ2n) is 9.27. The van der Waals surface area contributed by atoms with Crippen LogP contribution in [0.1, 0.15) is 40.5 Å². The SMILES string of the molecule is CC(C)CCOC1=C(Cl)C(OC(=O)C(=O)OC2C(=C=O)C(Cl)=C(Cl)C(OCCC(C)C)=C2Cl)C(=C=O)C(Cl)=C1Cl. The molecule has 2 atom stereocenters. The number of ether oxygens (including phenoxy) is 4. The van der Waals surface area contributed by atoms with Crippen molar-refractivity contribution in [3.63, 3.8) is 0 Å². The Morgan fingerprint density at radius 2 is 0.975 bits per heavy atom. The van der Waals surface area contributed by atoms with E-state index in [2.05, 4.69) is 0 Å². The molecule has 0 aromatic heterocycles. The summed E-state index contributed by atoms with van der Waals surface area (Å²) in [5.74, 6) is 0.0185. The van der Waals surface area contributed by atoms with Crippen LogP contribution in [-0.4, -0.2) is 49.2 Å². The molecule has 2 unspecified atom stereocenters. The summed E-state index contributed by atoms with van der Waals surface area (Å²) in [4.78, 5) is 48.7. The van der Waals surface area contributed by atoms with Gasteiger partial charge >= 0.3 is 11.9 Å². The van der Waals surface area contributed by atoms with Gasteiger partial charge in [-0.15, -0.1) is 0 Å². The average molecular weight is 677 g/mol. The second-order valence-corrected chi connectivity index (χ2v) is 11.6. The van der Waals surface area contributed by atoms with E-state index in [1.807, 2.05) is 27.7 Å². The summed E-state index contributed by atoms with van der Waals surface area (Å²) in [6.45, 7) is 8.21. The average Bonchev–Trinajstić information content (AvgIpc) is 2.89. The van der Waals surface area contributed by atoms with Crippen LogP contribution in [0.2, 0.25) is 0 Å². The number of rotatable bonds is 10. The van der Waals surface area contributed by atoms with Crippen molar-refractivity contribution in [2.24, 2.45) is 11.8 Å². The number of hydrogen-bond acceptors (Lipinski definition) is 8. The Balaban J connectivity index is 2.31. The van der Waals surface area contributed by atoms with E-state index < -0.39 is 35.3 Å². The molecule has 0 aromatic carbocycles. The standard InChI is InChI=1S/C26H24Cl6O8/c1-11(2)5-7-37-23-17(29)15(27)13(9-33)21(19(23)31)39-25(35)26(36)40-22-14(10-34)16(28)18(30)24(20(22)32)38-8-6-12(3)4/h11-12,21-22H,5-8H2,1-4H3. The van der Waals surface area contributed by atoms with Gasteiger partial charge in [0, 0.05) is 0 Å². The molecule has 2 aliphatic rings. The lowest BCUT2D eigenvalue weighted by Crippen LogP contribution is -2.34. The largest absolute Gasteiger partial charge is 0.491 e. The van der Waals surface area contributed by atoms with Crippen LogP contribution >= 0.6 is 69.6 Å². The third-order valence-corrected chi connectivity index (χ3v) is 7.83. The lowest BCUT2D eigenvalue weighted by molar-refractivity contribution is -0.170. The Kier molecular flexibility index (Phi) is 13.2. The fourth-order valence-electron chi connectivity index (χ4n) is 3.15. The first-order chi connectivity index (χ1) is 18.8. The summed E-state index contributed by atoms with van der Waals surface area (Å²) in [6, 6.07) is 0. The zero-order valence-corrected chi connectivity index (χ0v) is 26.2. The lowest BCUT2D eigenvalue weighted by Gasteiger charge is -2.27. The van der Waals surface area contributed by atoms with E-state index in [4.69, 9.17) is 88.6 Å². The number of hydrogen-bond donors (Lipinski definition) is 0. The van der Waals surface area contributed by atoms with Gasteiger partial charge in [0.25, 0.3) is 0 Å². The number of carbonyl (C=O) groups excluding carboxylic acids is 4. The Morgan fingerprint density at radius 1 is 0.650 bits per heavy atom. The normalized spacial score (nSPS) is 19.8. The Labute approximate surface area is 261 Å². The summed E-state index contributed by atoms with van der Waals surface area (Å²) in [7, 11) is 0. The molecule has 0 bridgehead atoms. The fraction of sp³-hybridized carbons (Fsp3) is 0.462. The van der Waals surface area contributed by atoms with Gasteiger partial charge in [-0.05, 0) is 24.7 Å². The summed E-state index contributed by atoms with van der Waals surface area (Å²) >= 11 is 37.4. The van der Waals surface area contributed by atoms with Gasteiger partial charge in [0.1, 0.15) is 43.2 Å². The summed E-state index contributed by atoms with van der Waals surface area (Å²) in [5, 5.41) is -1.75. The number of halogens is 6. The maximum atomic E-state index is 12.7. The van der Waals surface area contributed by atoms with E-state index >= 15 is 0 Å². The molecule has 8 nitrogen and oxygen atoms in total. The van der Waals surface area contributed by atoms with E-state index in [9.17, 15) is 19.2 Å². The molecule has 2 rings (SSSR count). The smallest absolute Gasteiger partial charge is 0.418 e. The van der Waals surface area contributed by atoms with Crippen molar-refractivity contribution >= 4 is 93.4 Å². The van der Waals surface area contributed by atoms with Gasteiger partial charge in [-0.3, -0.25) is 0 Å². The van der Waals surface area contributed by atoms with Gasteiger partial charge in [0.15, 0.2) is 23.7 Å². The van der Waals surface area contributed by atoms with Crippen molar-refractivity contribution in [2.75, 3.05) is 13.2 Å². The molecule has 0 heterocycles. The molecule has 0 radical (unpaired) electrons. The Hall–Kier alpha value is -1.86. The Bertz CT molecular complexity index is 1180. The zero-order chi connectivity index (χ0) is 30.3. The van der Waals surface area contributed by atoms with E-state index in [1.54, 1.807) is 0 Å². The van der Waals surface area contributed by atoms with E-state index in [0.717, 1.165) is 0 Å². The predicted octanol–water partition coefficient (Wildman–Crippen LogP) is 6.76. The lowest BCUT2D eigenvalue weighted by atomic mass is 10.0. The van der Waals surface area contributed by atoms with Crippen molar-refractivity contribution < 1.29 is 38.1 Å². The first-order valence-electron chi connectivity index (χ1n) is 11.8. The highest BCUT2D eigenvalue weighted by Gasteiger charge is 2.41. The molecule has 0 saturated carbocycles. The first kappa shape index (κ1) is 34.3. The van der Waals surface area contributed by atoms with Gasteiger partial charge in [0.2, 0.25) is 0 Å². The molecule has 14 heteroatoms. The van der Waals surface area contributed by atoms with E-state index in [1.165, 1.54) is 11.9 Å². The van der Waals surface area contributed by atoms with E-state index in [-0.39, 0.29) is 66.8 Å². The van der Waals surface area contributed by atoms with E-state index in [0.29, 0.717) is 12.8 Å². The summed E-state index contributed by atoms with van der Waals surface area (Å²) < 4.78 is 21.5. The van der Waals surface area contributed by atoms with Gasteiger partial charge in [-0.1, -0.05) is 97.3 Å². The van der Waals surface area contributed by atoms with Gasteiger partial charge in [0.05, 0.1) is 23.3 Å². The summed E-state index contributed by atoms with van der Waals surface area (Å²) in [6.07, 6.45) is -2.16. The quantitative estimate of drug-likeness (QED) is 0.142. The molecule has 218 valence electrons. The molecule has 0 N–H and O–H groups in total. The molecule has 0 amide bonds. The molecule has 0 aliphatic heterocycles. The molecule has 0 fully saturated rings. The minimum Gasteiger partial charge on any atom is -0.491 e. The molecular weight excluding hydrogens is 653 g/mol. The van der Waals surface area contributed by atoms with Crippen LogP contribution in [0.3, 0.4) is 0 Å². The molecule has 2 aliphatic carbocycles. The van der Waals surface area contributed by atoms with Crippen LogP contribution in [0, 0.1) is 11.8 Å². The van der Waals surface area contributed by atoms with Gasteiger partial charge in [-0.25, -0.2) is 19.2 Å². The third kappa shape index (κ3) is 8.12. The number of allylic oxidation sites excluding steroid dienone is 2. The maximum absolute atomic E-state index is 12.7. The molecular formula is C26H24Cl6O8. The minimum absolute atomic E-state index is 0.140. The van der Waals surface area contributed by atoms with Crippen LogP contribution in [-0.2, 0) is 38.1 Å². The fourth-order valence-corrected chi connectivity index (χ4v) is 4.82. The van der Waals surface area contributed by atoms with Crippen LogP contribution in [0.25, 0.3) is 0 Å². The second kappa shape index (κ2) is 15.4. The van der Waals surface area contributed by atoms with Crippen molar-refractivity contribution in [1.29, 1.82) is 0 Å². The molecule has 0 spiro atoms. The van der Waals surface area contributed by atoms with Crippen molar-refractivity contribution in [1.82, 2.24) is 0 Å². The Morgan fingerprint density at radius 3 is 1.25 bits per heavy atom. The number of carbonyl (C=O) groups is 2. The minimum atomic E-state index is -1.70. The van der Waals surface area contributed by atoms with Crippen molar-refractivity contribution in [2.45, 2.75) is 52.7 Å². The molecule has 0 saturated heterocycles. The maximum Gasteiger partial charge on any atom is 0.418 e. The van der Waals surface area contributed by atoms with Crippen LogP contribution in [0.4, 0.5) is 0 Å². The first-order valence-corrected chi connectivity index (χ1v) is 14.1. The van der Waals surface area contributed by atoms with Crippen LogP contribution < -0.4 is 0 Å². The van der Waals surface area contributed by atoms with Crippen LogP contribution in [0.15, 0.2) is 52.9 Å². The molecule has 40 heavy (non-hydrogen) atoms. The summed E-state index contributed by atoms with van der Waals surface area (Å²) in [5.41, 5.74) is -0.923. The highest BCUT2D eigenvalue weighted by molar-refractivity contribution is 6.46. The van der Waals surface area contributed by atoms with Crippen LogP contribution in [0.5, 0.6) is 0 Å². The highest BCUT2D eigenvalue weighted by atomic mass is 35.5. The van der Waals surface area contributed by atoms with Gasteiger partial charge < -0.3 is 18.9 Å². The van der Waals surface area contributed by atoms with Crippen molar-refractivity contribution in [3.8, 4) is 0 Å². The topological polar surface area (TPSA) is 105 Å².